The van der Waals surface area contributed by atoms with Gasteiger partial charge in [0.05, 0.1) is 4.90 Å². The second-order valence-corrected chi connectivity index (χ2v) is 7.59. The summed E-state index contributed by atoms with van der Waals surface area (Å²) in [5.74, 6) is -0.0938. The summed E-state index contributed by atoms with van der Waals surface area (Å²) in [4.78, 5) is 13.4. The van der Waals surface area contributed by atoms with E-state index in [4.69, 9.17) is 0 Å². The Labute approximate surface area is 143 Å². The van der Waals surface area contributed by atoms with Crippen LogP contribution in [-0.4, -0.2) is 39.7 Å². The molecular formula is C18H22N2O3S. The van der Waals surface area contributed by atoms with Crippen LogP contribution in [0.3, 0.4) is 0 Å². The average molecular weight is 346 g/mol. The second kappa shape index (κ2) is 7.70. The molecule has 1 N–H and O–H groups in total. The Morgan fingerprint density at radius 1 is 1.04 bits per heavy atom. The number of benzene rings is 2. The van der Waals surface area contributed by atoms with Gasteiger partial charge >= 0.3 is 0 Å². The summed E-state index contributed by atoms with van der Waals surface area (Å²) in [5, 5.41) is 0. The number of hydrogen-bond donors (Lipinski definition) is 1. The predicted octanol–water partition coefficient (Wildman–Crippen LogP) is 2.47. The van der Waals surface area contributed by atoms with Crippen molar-refractivity contribution in [1.29, 1.82) is 0 Å². The van der Waals surface area contributed by atoms with Crippen LogP contribution in [0.15, 0.2) is 59.5 Å². The number of Topliss-reactive ketones (excluding diaryl/α,β-unsaturated/α-hetero) is 1. The molecule has 2 rings (SSSR count). The molecule has 0 saturated carbocycles. The molecule has 0 spiro atoms. The SMILES string of the molecule is CC(=O)c1ccc(S(=O)(=O)NCC(c2ccccc2)N(C)C)cc1. The first-order chi connectivity index (χ1) is 11.3. The van der Waals surface area contributed by atoms with E-state index in [9.17, 15) is 13.2 Å². The number of nitrogens with one attached hydrogen (secondary N) is 1. The summed E-state index contributed by atoms with van der Waals surface area (Å²) in [5.41, 5.74) is 1.53. The molecule has 1 unspecified atom stereocenters. The molecule has 5 nitrogen and oxygen atoms in total. The molecule has 24 heavy (non-hydrogen) atoms. The smallest absolute Gasteiger partial charge is 0.240 e. The van der Waals surface area contributed by atoms with Crippen LogP contribution in [0, 0.1) is 0 Å². The molecule has 1 atom stereocenters. The Morgan fingerprint density at radius 2 is 1.62 bits per heavy atom. The number of likely N-dealkylation sites (N-methyl/N-ethyl adjacent to an activating group) is 1. The lowest BCUT2D eigenvalue weighted by Gasteiger charge is -2.25. The maximum Gasteiger partial charge on any atom is 0.240 e. The van der Waals surface area contributed by atoms with Crippen LogP contribution in [0.5, 0.6) is 0 Å². The summed E-state index contributed by atoms with van der Waals surface area (Å²) in [6.45, 7) is 1.71. The third-order valence-corrected chi connectivity index (χ3v) is 5.29. The highest BCUT2D eigenvalue weighted by Crippen LogP contribution is 2.18. The molecule has 0 fully saturated rings. The minimum absolute atomic E-state index is 0.0718. The van der Waals surface area contributed by atoms with Crippen molar-refractivity contribution >= 4 is 15.8 Å². The lowest BCUT2D eigenvalue weighted by molar-refractivity contribution is 0.101. The quantitative estimate of drug-likeness (QED) is 0.782. The van der Waals surface area contributed by atoms with E-state index < -0.39 is 10.0 Å². The number of sulfonamides is 1. The molecule has 6 heteroatoms. The van der Waals surface area contributed by atoms with Crippen molar-refractivity contribution in [1.82, 2.24) is 9.62 Å². The summed E-state index contributed by atoms with van der Waals surface area (Å²) in [7, 11) is 0.193. The van der Waals surface area contributed by atoms with Gasteiger partial charge in [-0.2, -0.15) is 0 Å². The number of carbonyl (C=O) groups is 1. The second-order valence-electron chi connectivity index (χ2n) is 5.82. The lowest BCUT2D eigenvalue weighted by atomic mass is 10.1. The zero-order valence-corrected chi connectivity index (χ0v) is 14.9. The van der Waals surface area contributed by atoms with E-state index >= 15 is 0 Å². The van der Waals surface area contributed by atoms with Crippen molar-refractivity contribution in [3.8, 4) is 0 Å². The molecule has 0 radical (unpaired) electrons. The van der Waals surface area contributed by atoms with Gasteiger partial charge in [-0.05, 0) is 38.7 Å². The van der Waals surface area contributed by atoms with Gasteiger partial charge in [0.1, 0.15) is 0 Å². The highest BCUT2D eigenvalue weighted by molar-refractivity contribution is 7.89. The molecule has 0 heterocycles. The third-order valence-electron chi connectivity index (χ3n) is 3.85. The predicted molar refractivity (Wildman–Crippen MR) is 94.5 cm³/mol. The fourth-order valence-electron chi connectivity index (χ4n) is 2.41. The number of hydrogen-bond acceptors (Lipinski definition) is 4. The fraction of sp³-hybridized carbons (Fsp3) is 0.278. The van der Waals surface area contributed by atoms with Gasteiger partial charge in [0.2, 0.25) is 10.0 Å². The van der Waals surface area contributed by atoms with E-state index in [1.165, 1.54) is 31.2 Å². The monoisotopic (exact) mass is 346 g/mol. The summed E-state index contributed by atoms with van der Waals surface area (Å²) in [6.07, 6.45) is 0. The minimum Gasteiger partial charge on any atom is -0.301 e. The third kappa shape index (κ3) is 4.50. The standard InChI is InChI=1S/C18H22N2O3S/c1-14(21)15-9-11-17(12-10-15)24(22,23)19-13-18(20(2)3)16-7-5-4-6-8-16/h4-12,18-19H,13H2,1-3H3. The molecule has 2 aromatic rings. The molecular weight excluding hydrogens is 324 g/mol. The zero-order chi connectivity index (χ0) is 17.7. The van der Waals surface area contributed by atoms with Crippen LogP contribution in [0.25, 0.3) is 0 Å². The Kier molecular flexibility index (Phi) is 5.88. The summed E-state index contributed by atoms with van der Waals surface area (Å²) < 4.78 is 27.6. The normalized spacial score (nSPS) is 13.0. The molecule has 128 valence electrons. The van der Waals surface area contributed by atoms with Crippen molar-refractivity contribution in [2.75, 3.05) is 20.6 Å². The molecule has 0 amide bonds. The molecule has 2 aromatic carbocycles. The topological polar surface area (TPSA) is 66.5 Å². The summed E-state index contributed by atoms with van der Waals surface area (Å²) in [6, 6.07) is 15.6. The van der Waals surface area contributed by atoms with Gasteiger partial charge in [-0.25, -0.2) is 13.1 Å². The Morgan fingerprint density at radius 3 is 2.12 bits per heavy atom. The number of carbonyl (C=O) groups excluding carboxylic acids is 1. The van der Waals surface area contributed by atoms with Gasteiger partial charge in [-0.15, -0.1) is 0 Å². The van der Waals surface area contributed by atoms with Crippen LogP contribution in [-0.2, 0) is 10.0 Å². The molecule has 0 bridgehead atoms. The zero-order valence-electron chi connectivity index (χ0n) is 14.1. The largest absolute Gasteiger partial charge is 0.301 e. The van der Waals surface area contributed by atoms with Gasteiger partial charge in [-0.3, -0.25) is 4.79 Å². The van der Waals surface area contributed by atoms with Crippen molar-refractivity contribution < 1.29 is 13.2 Å². The van der Waals surface area contributed by atoms with E-state index in [1.807, 2.05) is 49.3 Å². The van der Waals surface area contributed by atoms with Crippen LogP contribution >= 0.6 is 0 Å². The van der Waals surface area contributed by atoms with E-state index in [0.29, 0.717) is 5.56 Å². The van der Waals surface area contributed by atoms with Gasteiger partial charge in [-0.1, -0.05) is 42.5 Å². The Hall–Kier alpha value is -2.02. The van der Waals surface area contributed by atoms with E-state index in [2.05, 4.69) is 4.72 Å². The van der Waals surface area contributed by atoms with Crippen LogP contribution in [0.2, 0.25) is 0 Å². The highest BCUT2D eigenvalue weighted by atomic mass is 32.2. The van der Waals surface area contributed by atoms with Crippen molar-refractivity contribution in [3.63, 3.8) is 0 Å². The summed E-state index contributed by atoms with van der Waals surface area (Å²) >= 11 is 0. The van der Waals surface area contributed by atoms with Crippen LogP contribution < -0.4 is 4.72 Å². The maximum atomic E-state index is 12.5. The van der Waals surface area contributed by atoms with Gasteiger partial charge in [0, 0.05) is 18.2 Å². The minimum atomic E-state index is -3.63. The Bertz CT molecular complexity index is 785. The first kappa shape index (κ1) is 18.3. The molecule has 0 aliphatic rings. The molecule has 0 saturated heterocycles. The molecule has 0 aliphatic heterocycles. The lowest BCUT2D eigenvalue weighted by Crippen LogP contribution is -2.34. The molecule has 0 aromatic heterocycles. The van der Waals surface area contributed by atoms with Gasteiger partial charge in [0.25, 0.3) is 0 Å². The van der Waals surface area contributed by atoms with Gasteiger partial charge in [0.15, 0.2) is 5.78 Å². The first-order valence-corrected chi connectivity index (χ1v) is 9.11. The van der Waals surface area contributed by atoms with Crippen molar-refractivity contribution in [2.45, 2.75) is 17.9 Å². The van der Waals surface area contributed by atoms with E-state index in [0.717, 1.165) is 5.56 Å². The van der Waals surface area contributed by atoms with E-state index in [-0.39, 0.29) is 23.3 Å². The number of ketones is 1. The maximum absolute atomic E-state index is 12.5. The highest BCUT2D eigenvalue weighted by Gasteiger charge is 2.19. The van der Waals surface area contributed by atoms with Crippen molar-refractivity contribution in [2.24, 2.45) is 0 Å². The van der Waals surface area contributed by atoms with Gasteiger partial charge < -0.3 is 4.90 Å². The Balaban J connectivity index is 2.14. The first-order valence-electron chi connectivity index (χ1n) is 7.63. The number of nitrogens with zero attached hydrogens (tertiary/aromatic N) is 1. The van der Waals surface area contributed by atoms with Crippen molar-refractivity contribution in [3.05, 3.63) is 65.7 Å². The van der Waals surface area contributed by atoms with Crippen LogP contribution in [0.4, 0.5) is 0 Å². The molecule has 0 aliphatic carbocycles. The fourth-order valence-corrected chi connectivity index (χ4v) is 3.45. The average Bonchev–Trinajstić information content (AvgIpc) is 2.55. The number of rotatable bonds is 7. The van der Waals surface area contributed by atoms with Crippen LogP contribution in [0.1, 0.15) is 28.9 Å². The van der Waals surface area contributed by atoms with E-state index in [1.54, 1.807) is 0 Å².